The standard InChI is InChI=1S/C15H26N2O3S/c1-6-7-13(16-11(4)18)8-14(17-12(5)19)9-21-15(20)10(2)3/h13-14H,2,6-9H2,1,3-5H3,(H,16,18)(H,17,19). The van der Waals surface area contributed by atoms with E-state index in [0.717, 1.165) is 24.6 Å². The molecule has 0 aromatic rings. The van der Waals surface area contributed by atoms with E-state index in [1.807, 2.05) is 6.92 Å². The van der Waals surface area contributed by atoms with Gasteiger partial charge in [-0.15, -0.1) is 0 Å². The van der Waals surface area contributed by atoms with Crippen molar-refractivity contribution in [1.82, 2.24) is 10.6 Å². The third-order valence-electron chi connectivity index (χ3n) is 2.79. The molecule has 120 valence electrons. The van der Waals surface area contributed by atoms with Crippen LogP contribution in [-0.2, 0) is 14.4 Å². The predicted molar refractivity (Wildman–Crippen MR) is 87.0 cm³/mol. The molecule has 21 heavy (non-hydrogen) atoms. The van der Waals surface area contributed by atoms with E-state index in [2.05, 4.69) is 17.2 Å². The van der Waals surface area contributed by atoms with Crippen LogP contribution in [0.1, 0.15) is 47.0 Å². The van der Waals surface area contributed by atoms with E-state index in [1.165, 1.54) is 13.8 Å². The fraction of sp³-hybridized carbons (Fsp3) is 0.667. The lowest BCUT2D eigenvalue weighted by Crippen LogP contribution is -2.43. The molecule has 2 unspecified atom stereocenters. The summed E-state index contributed by atoms with van der Waals surface area (Å²) in [7, 11) is 0. The summed E-state index contributed by atoms with van der Waals surface area (Å²) in [5.74, 6) is 0.257. The molecule has 0 aliphatic heterocycles. The molecule has 0 aromatic carbocycles. The minimum atomic E-state index is -0.154. The van der Waals surface area contributed by atoms with Gasteiger partial charge in [0.15, 0.2) is 0 Å². The van der Waals surface area contributed by atoms with E-state index < -0.39 is 0 Å². The molecule has 0 fully saturated rings. The van der Waals surface area contributed by atoms with Crippen LogP contribution >= 0.6 is 11.8 Å². The highest BCUT2D eigenvalue weighted by atomic mass is 32.2. The number of hydrogen-bond donors (Lipinski definition) is 2. The number of carbonyl (C=O) groups excluding carboxylic acids is 3. The van der Waals surface area contributed by atoms with Crippen LogP contribution in [0.3, 0.4) is 0 Å². The Balaban J connectivity index is 4.63. The van der Waals surface area contributed by atoms with Crippen LogP contribution in [0.25, 0.3) is 0 Å². The van der Waals surface area contributed by atoms with E-state index in [1.54, 1.807) is 6.92 Å². The molecule has 0 saturated heterocycles. The fourth-order valence-corrected chi connectivity index (χ4v) is 2.80. The summed E-state index contributed by atoms with van der Waals surface area (Å²) in [4.78, 5) is 34.1. The molecule has 0 aliphatic rings. The smallest absolute Gasteiger partial charge is 0.217 e. The quantitative estimate of drug-likeness (QED) is 0.639. The van der Waals surface area contributed by atoms with Crippen molar-refractivity contribution in [1.29, 1.82) is 0 Å². The zero-order valence-electron chi connectivity index (χ0n) is 13.3. The van der Waals surface area contributed by atoms with Crippen molar-refractivity contribution in [3.05, 3.63) is 12.2 Å². The minimum Gasteiger partial charge on any atom is -0.354 e. The Labute approximate surface area is 131 Å². The minimum absolute atomic E-state index is 0.00452. The summed E-state index contributed by atoms with van der Waals surface area (Å²) < 4.78 is 0. The van der Waals surface area contributed by atoms with Crippen LogP contribution in [0.2, 0.25) is 0 Å². The summed E-state index contributed by atoms with van der Waals surface area (Å²) in [5.41, 5.74) is 0.494. The van der Waals surface area contributed by atoms with Crippen LogP contribution < -0.4 is 10.6 Å². The molecule has 0 aliphatic carbocycles. The van der Waals surface area contributed by atoms with Crippen LogP contribution in [0, 0.1) is 0 Å². The summed E-state index contributed by atoms with van der Waals surface area (Å²) in [6, 6.07) is -0.149. The van der Waals surface area contributed by atoms with E-state index >= 15 is 0 Å². The van der Waals surface area contributed by atoms with Gasteiger partial charge < -0.3 is 10.6 Å². The van der Waals surface area contributed by atoms with Crippen molar-refractivity contribution in [3.8, 4) is 0 Å². The summed E-state index contributed by atoms with van der Waals surface area (Å²) >= 11 is 1.15. The van der Waals surface area contributed by atoms with Gasteiger partial charge in [0.05, 0.1) is 0 Å². The molecular formula is C15H26N2O3S. The lowest BCUT2D eigenvalue weighted by atomic mass is 10.0. The molecule has 0 saturated carbocycles. The normalized spacial score (nSPS) is 13.1. The highest BCUT2D eigenvalue weighted by molar-refractivity contribution is 8.14. The molecule has 0 aromatic heterocycles. The molecule has 2 amide bonds. The van der Waals surface area contributed by atoms with Gasteiger partial charge in [0.2, 0.25) is 16.9 Å². The Hall–Kier alpha value is -1.30. The Bertz CT molecular complexity index is 396. The summed E-state index contributed by atoms with van der Waals surface area (Å²) in [6.45, 7) is 10.3. The van der Waals surface area contributed by atoms with Crippen LogP contribution in [0.15, 0.2) is 12.2 Å². The first-order valence-electron chi connectivity index (χ1n) is 7.13. The van der Waals surface area contributed by atoms with Gasteiger partial charge in [-0.1, -0.05) is 31.7 Å². The first-order chi connectivity index (χ1) is 9.76. The number of carbonyl (C=O) groups is 3. The number of thioether (sulfide) groups is 1. The summed E-state index contributed by atoms with van der Waals surface area (Å²) in [6.07, 6.45) is 2.40. The lowest BCUT2D eigenvalue weighted by Gasteiger charge is -2.24. The number of nitrogens with one attached hydrogen (secondary N) is 2. The maximum Gasteiger partial charge on any atom is 0.217 e. The SMILES string of the molecule is C=C(C)C(=O)SCC(CC(CCC)NC(C)=O)NC(C)=O. The Kier molecular flexibility index (Phi) is 9.78. The van der Waals surface area contributed by atoms with Gasteiger partial charge in [-0.2, -0.15) is 0 Å². The second-order valence-electron chi connectivity index (χ2n) is 5.20. The monoisotopic (exact) mass is 314 g/mol. The van der Waals surface area contributed by atoms with E-state index in [4.69, 9.17) is 0 Å². The molecule has 0 bridgehead atoms. The molecule has 2 atom stereocenters. The highest BCUT2D eigenvalue weighted by Crippen LogP contribution is 2.14. The average molecular weight is 314 g/mol. The van der Waals surface area contributed by atoms with Crippen LogP contribution in [0.5, 0.6) is 0 Å². The first kappa shape index (κ1) is 19.7. The van der Waals surface area contributed by atoms with E-state index in [9.17, 15) is 14.4 Å². The zero-order valence-corrected chi connectivity index (χ0v) is 14.1. The van der Waals surface area contributed by atoms with Gasteiger partial charge >= 0.3 is 0 Å². The molecule has 0 rings (SSSR count). The molecule has 5 nitrogen and oxygen atoms in total. The highest BCUT2D eigenvalue weighted by Gasteiger charge is 2.19. The van der Waals surface area contributed by atoms with Crippen LogP contribution in [-0.4, -0.2) is 34.8 Å². The predicted octanol–water partition coefficient (Wildman–Crippen LogP) is 2.02. The van der Waals surface area contributed by atoms with Gasteiger partial charge in [-0.05, 0) is 25.3 Å². The van der Waals surface area contributed by atoms with E-state index in [0.29, 0.717) is 17.7 Å². The van der Waals surface area contributed by atoms with Gasteiger partial charge in [0, 0.05) is 31.7 Å². The molecule has 0 radical (unpaired) electrons. The van der Waals surface area contributed by atoms with Crippen molar-refractivity contribution >= 4 is 28.7 Å². The van der Waals surface area contributed by atoms with Gasteiger partial charge in [0.1, 0.15) is 0 Å². The Morgan fingerprint density at radius 2 is 1.57 bits per heavy atom. The third kappa shape index (κ3) is 10.1. The molecule has 0 spiro atoms. The third-order valence-corrected chi connectivity index (χ3v) is 3.96. The van der Waals surface area contributed by atoms with Crippen molar-refractivity contribution in [2.24, 2.45) is 0 Å². The van der Waals surface area contributed by atoms with Gasteiger partial charge in [-0.25, -0.2) is 0 Å². The Morgan fingerprint density at radius 3 is 2.00 bits per heavy atom. The van der Waals surface area contributed by atoms with Crippen molar-refractivity contribution < 1.29 is 14.4 Å². The Morgan fingerprint density at radius 1 is 1.05 bits per heavy atom. The largest absolute Gasteiger partial charge is 0.354 e. The van der Waals surface area contributed by atoms with E-state index in [-0.39, 0.29) is 29.0 Å². The number of rotatable bonds is 9. The second-order valence-corrected chi connectivity index (χ2v) is 6.19. The molecule has 2 N–H and O–H groups in total. The lowest BCUT2D eigenvalue weighted by molar-refractivity contribution is -0.119. The van der Waals surface area contributed by atoms with Crippen LogP contribution in [0.4, 0.5) is 0 Å². The first-order valence-corrected chi connectivity index (χ1v) is 8.11. The maximum atomic E-state index is 11.6. The topological polar surface area (TPSA) is 75.3 Å². The van der Waals surface area contributed by atoms with Gasteiger partial charge in [-0.3, -0.25) is 14.4 Å². The number of hydrogen-bond acceptors (Lipinski definition) is 4. The molecule has 6 heteroatoms. The van der Waals surface area contributed by atoms with Crippen molar-refractivity contribution in [3.63, 3.8) is 0 Å². The zero-order chi connectivity index (χ0) is 16.4. The van der Waals surface area contributed by atoms with Gasteiger partial charge in [0.25, 0.3) is 0 Å². The van der Waals surface area contributed by atoms with Crippen molar-refractivity contribution in [2.75, 3.05) is 5.75 Å². The van der Waals surface area contributed by atoms with Crippen molar-refractivity contribution in [2.45, 2.75) is 59.0 Å². The fourth-order valence-electron chi connectivity index (χ4n) is 1.98. The second kappa shape index (κ2) is 10.4. The summed E-state index contributed by atoms with van der Waals surface area (Å²) in [5, 5.41) is 5.66. The number of amides is 2. The molecular weight excluding hydrogens is 288 g/mol. The molecule has 0 heterocycles. The maximum absolute atomic E-state index is 11.6. The average Bonchev–Trinajstić information content (AvgIpc) is 2.34.